The van der Waals surface area contributed by atoms with Gasteiger partial charge in [0.1, 0.15) is 4.88 Å². The number of thiazole rings is 1. The summed E-state index contributed by atoms with van der Waals surface area (Å²) in [6.45, 7) is 4.41. The lowest BCUT2D eigenvalue weighted by molar-refractivity contribution is -0.119. The highest BCUT2D eigenvalue weighted by Gasteiger charge is 2.30. The number of piperazine rings is 1. The molecule has 1 aromatic rings. The molecule has 6 heteroatoms. The Kier molecular flexibility index (Phi) is 3.26. The molecule has 0 radical (unpaired) electrons. The fraction of sp³-hybridized carbons (Fsp3) is 0.615. The van der Waals surface area contributed by atoms with Gasteiger partial charge in [-0.2, -0.15) is 0 Å². The number of hydrogen-bond acceptors (Lipinski definition) is 4. The van der Waals surface area contributed by atoms with Crippen LogP contribution in [0.25, 0.3) is 0 Å². The van der Waals surface area contributed by atoms with Crippen LogP contribution >= 0.6 is 11.3 Å². The van der Waals surface area contributed by atoms with Crippen molar-refractivity contribution < 1.29 is 9.59 Å². The smallest absolute Gasteiger partial charge is 0.265 e. The molecule has 2 heterocycles. The minimum atomic E-state index is 0.0763. The number of hydrogen-bond donors (Lipinski definition) is 0. The summed E-state index contributed by atoms with van der Waals surface area (Å²) in [4.78, 5) is 32.0. The van der Waals surface area contributed by atoms with Gasteiger partial charge in [0, 0.05) is 32.1 Å². The highest BCUT2D eigenvalue weighted by molar-refractivity contribution is 7.13. The van der Waals surface area contributed by atoms with Crippen molar-refractivity contribution >= 4 is 23.7 Å². The van der Waals surface area contributed by atoms with Gasteiger partial charge in [-0.1, -0.05) is 0 Å². The summed E-state index contributed by atoms with van der Waals surface area (Å²) >= 11 is 1.55. The van der Waals surface area contributed by atoms with Gasteiger partial charge in [0.2, 0.25) is 6.41 Å². The van der Waals surface area contributed by atoms with Crippen LogP contribution in [-0.4, -0.2) is 53.3 Å². The first-order valence-corrected chi connectivity index (χ1v) is 7.46. The maximum Gasteiger partial charge on any atom is 0.265 e. The molecule has 5 nitrogen and oxygen atoms in total. The van der Waals surface area contributed by atoms with Crippen molar-refractivity contribution in [3.05, 3.63) is 15.6 Å². The average molecular weight is 279 g/mol. The van der Waals surface area contributed by atoms with Crippen LogP contribution in [0.2, 0.25) is 0 Å². The number of rotatable bonds is 3. The molecular formula is C13H17N3O2S. The van der Waals surface area contributed by atoms with Crippen LogP contribution in [0.3, 0.4) is 0 Å². The summed E-state index contributed by atoms with van der Waals surface area (Å²) < 4.78 is 0. The fourth-order valence-corrected chi connectivity index (χ4v) is 3.50. The largest absolute Gasteiger partial charge is 0.342 e. The van der Waals surface area contributed by atoms with Crippen LogP contribution in [0.4, 0.5) is 0 Å². The monoisotopic (exact) mass is 279 g/mol. The van der Waals surface area contributed by atoms with Gasteiger partial charge in [0.05, 0.1) is 10.7 Å². The van der Waals surface area contributed by atoms with Crippen molar-refractivity contribution in [2.24, 2.45) is 0 Å². The predicted octanol–water partition coefficient (Wildman–Crippen LogP) is 1.24. The zero-order valence-corrected chi connectivity index (χ0v) is 11.8. The van der Waals surface area contributed by atoms with Crippen molar-refractivity contribution in [2.45, 2.75) is 25.7 Å². The van der Waals surface area contributed by atoms with Gasteiger partial charge in [-0.05, 0) is 19.8 Å². The zero-order valence-electron chi connectivity index (χ0n) is 11.0. The van der Waals surface area contributed by atoms with E-state index in [-0.39, 0.29) is 5.91 Å². The van der Waals surface area contributed by atoms with E-state index in [0.29, 0.717) is 32.1 Å². The van der Waals surface area contributed by atoms with Gasteiger partial charge in [-0.3, -0.25) is 9.59 Å². The third-order valence-corrected chi connectivity index (χ3v) is 4.99. The van der Waals surface area contributed by atoms with Crippen LogP contribution in [0.1, 0.15) is 39.1 Å². The lowest BCUT2D eigenvalue weighted by Gasteiger charge is -2.32. The minimum absolute atomic E-state index is 0.0763. The molecule has 102 valence electrons. The number of aryl methyl sites for hydroxylation is 1. The molecule has 1 aliphatic carbocycles. The highest BCUT2D eigenvalue weighted by Crippen LogP contribution is 2.42. The predicted molar refractivity (Wildman–Crippen MR) is 72.4 cm³/mol. The highest BCUT2D eigenvalue weighted by atomic mass is 32.1. The second kappa shape index (κ2) is 4.92. The van der Waals surface area contributed by atoms with E-state index in [1.165, 1.54) is 12.8 Å². The van der Waals surface area contributed by atoms with Crippen LogP contribution in [0.5, 0.6) is 0 Å². The Bertz CT molecular complexity index is 502. The van der Waals surface area contributed by atoms with Crippen LogP contribution in [-0.2, 0) is 4.79 Å². The summed E-state index contributed by atoms with van der Waals surface area (Å²) in [5.74, 6) is 0.671. The van der Waals surface area contributed by atoms with Gasteiger partial charge in [-0.15, -0.1) is 11.3 Å². The number of carbonyl (C=O) groups is 2. The van der Waals surface area contributed by atoms with E-state index < -0.39 is 0 Å². The number of amides is 2. The molecule has 1 aromatic heterocycles. The standard InChI is InChI=1S/C13H17N3O2S/c1-9-11(19-12(14-9)10-2-3-10)13(18)16-6-4-15(8-17)5-7-16/h8,10H,2-7H2,1H3. The Morgan fingerprint density at radius 2 is 2.00 bits per heavy atom. The first-order chi connectivity index (χ1) is 9.19. The maximum absolute atomic E-state index is 12.5. The van der Waals surface area contributed by atoms with Crippen LogP contribution in [0, 0.1) is 6.92 Å². The molecule has 0 atom stereocenters. The molecule has 0 aromatic carbocycles. The molecule has 0 unspecified atom stereocenters. The minimum Gasteiger partial charge on any atom is -0.342 e. The summed E-state index contributed by atoms with van der Waals surface area (Å²) in [5.41, 5.74) is 0.856. The molecule has 2 amide bonds. The van der Waals surface area contributed by atoms with E-state index in [2.05, 4.69) is 4.98 Å². The molecular weight excluding hydrogens is 262 g/mol. The van der Waals surface area contributed by atoms with E-state index in [0.717, 1.165) is 22.0 Å². The summed E-state index contributed by atoms with van der Waals surface area (Å²) in [7, 11) is 0. The summed E-state index contributed by atoms with van der Waals surface area (Å²) in [6, 6.07) is 0. The van der Waals surface area contributed by atoms with E-state index in [1.807, 2.05) is 11.8 Å². The van der Waals surface area contributed by atoms with E-state index in [9.17, 15) is 9.59 Å². The zero-order chi connectivity index (χ0) is 13.4. The molecule has 0 N–H and O–H groups in total. The third-order valence-electron chi connectivity index (χ3n) is 3.68. The van der Waals surface area contributed by atoms with Gasteiger partial charge < -0.3 is 9.80 Å². The number of carbonyl (C=O) groups excluding carboxylic acids is 2. The van der Waals surface area contributed by atoms with Crippen molar-refractivity contribution in [1.29, 1.82) is 0 Å². The summed E-state index contributed by atoms with van der Waals surface area (Å²) in [5, 5.41) is 1.12. The molecule has 0 spiro atoms. The fourth-order valence-electron chi connectivity index (χ4n) is 2.29. The van der Waals surface area contributed by atoms with Crippen molar-refractivity contribution in [2.75, 3.05) is 26.2 Å². The number of aromatic nitrogens is 1. The SMILES string of the molecule is Cc1nc(C2CC2)sc1C(=O)N1CCN(C=O)CC1. The average Bonchev–Trinajstić information content (AvgIpc) is 3.21. The second-order valence-electron chi connectivity index (χ2n) is 5.17. The Morgan fingerprint density at radius 1 is 1.32 bits per heavy atom. The Balaban J connectivity index is 1.71. The van der Waals surface area contributed by atoms with Crippen LogP contribution < -0.4 is 0 Å². The molecule has 2 aliphatic rings. The normalized spacial score (nSPS) is 19.6. The van der Waals surface area contributed by atoms with Crippen LogP contribution in [0.15, 0.2) is 0 Å². The second-order valence-corrected chi connectivity index (χ2v) is 6.21. The quantitative estimate of drug-likeness (QED) is 0.782. The Hall–Kier alpha value is -1.43. The molecule has 1 aliphatic heterocycles. The van der Waals surface area contributed by atoms with Crippen molar-refractivity contribution in [3.63, 3.8) is 0 Å². The lowest BCUT2D eigenvalue weighted by atomic mass is 10.3. The molecule has 1 saturated heterocycles. The van der Waals surface area contributed by atoms with Gasteiger partial charge in [0.25, 0.3) is 5.91 Å². The molecule has 3 rings (SSSR count). The van der Waals surface area contributed by atoms with Gasteiger partial charge in [0.15, 0.2) is 0 Å². The molecule has 2 fully saturated rings. The molecule has 0 bridgehead atoms. The first-order valence-electron chi connectivity index (χ1n) is 6.65. The first kappa shape index (κ1) is 12.6. The maximum atomic E-state index is 12.5. The third kappa shape index (κ3) is 2.49. The topological polar surface area (TPSA) is 53.5 Å². The number of nitrogens with zero attached hydrogens (tertiary/aromatic N) is 3. The van der Waals surface area contributed by atoms with E-state index in [1.54, 1.807) is 16.2 Å². The van der Waals surface area contributed by atoms with Gasteiger partial charge >= 0.3 is 0 Å². The Morgan fingerprint density at radius 3 is 2.58 bits per heavy atom. The van der Waals surface area contributed by atoms with E-state index in [4.69, 9.17) is 0 Å². The van der Waals surface area contributed by atoms with Crippen molar-refractivity contribution in [3.8, 4) is 0 Å². The lowest BCUT2D eigenvalue weighted by Crippen LogP contribution is -2.48. The van der Waals surface area contributed by atoms with E-state index >= 15 is 0 Å². The Labute approximate surface area is 116 Å². The molecule has 19 heavy (non-hydrogen) atoms. The molecule has 1 saturated carbocycles. The summed E-state index contributed by atoms with van der Waals surface area (Å²) in [6.07, 6.45) is 3.27. The van der Waals surface area contributed by atoms with Crippen molar-refractivity contribution in [1.82, 2.24) is 14.8 Å². The van der Waals surface area contributed by atoms with Gasteiger partial charge in [-0.25, -0.2) is 4.98 Å².